The predicted octanol–water partition coefficient (Wildman–Crippen LogP) is 3.40. The molecule has 0 atom stereocenters. The molecule has 1 N–H and O–H groups in total. The summed E-state index contributed by atoms with van der Waals surface area (Å²) in [4.78, 5) is 11.4. The van der Waals surface area contributed by atoms with Gasteiger partial charge in [-0.15, -0.1) is 0 Å². The van der Waals surface area contributed by atoms with Crippen molar-refractivity contribution in [2.45, 2.75) is 52.5 Å². The van der Waals surface area contributed by atoms with E-state index in [4.69, 9.17) is 0 Å². The Balaban J connectivity index is 1.92. The van der Waals surface area contributed by atoms with Crippen molar-refractivity contribution in [2.75, 3.05) is 5.32 Å². The van der Waals surface area contributed by atoms with Crippen LogP contribution in [-0.4, -0.2) is 10.6 Å². The molecular formula is C16H26N2O. The first-order valence-corrected chi connectivity index (χ1v) is 7.29. The fourth-order valence-electron chi connectivity index (χ4n) is 3.02. The van der Waals surface area contributed by atoms with Gasteiger partial charge in [-0.3, -0.25) is 4.79 Å². The third kappa shape index (κ3) is 3.62. The largest absolute Gasteiger partial charge is 0.381 e. The maximum Gasteiger partial charge on any atom is 0.250 e. The van der Waals surface area contributed by atoms with Crippen LogP contribution in [0.5, 0.6) is 0 Å². The van der Waals surface area contributed by atoms with Crippen LogP contribution < -0.4 is 10.9 Å². The average Bonchev–Trinajstić information content (AvgIpc) is 2.33. The summed E-state index contributed by atoms with van der Waals surface area (Å²) in [5.74, 6) is 0.839. The fraction of sp³-hybridized carbons (Fsp3) is 0.688. The van der Waals surface area contributed by atoms with Crippen LogP contribution in [0.15, 0.2) is 23.1 Å². The quantitative estimate of drug-likeness (QED) is 0.886. The second-order valence-corrected chi connectivity index (χ2v) is 6.93. The molecular weight excluding hydrogens is 236 g/mol. The number of nitrogens with zero attached hydrogens (tertiary/aromatic N) is 1. The van der Waals surface area contributed by atoms with Gasteiger partial charge in [0.2, 0.25) is 5.56 Å². The Bertz CT molecular complexity index is 476. The highest BCUT2D eigenvalue weighted by Gasteiger charge is 2.29. The topological polar surface area (TPSA) is 34.0 Å². The van der Waals surface area contributed by atoms with Crippen LogP contribution in [0.25, 0.3) is 0 Å². The highest BCUT2D eigenvalue weighted by molar-refractivity contribution is 5.41. The fourth-order valence-corrected chi connectivity index (χ4v) is 3.02. The van der Waals surface area contributed by atoms with E-state index in [9.17, 15) is 4.79 Å². The third-order valence-corrected chi connectivity index (χ3v) is 4.41. The summed E-state index contributed by atoms with van der Waals surface area (Å²) in [5, 5.41) is 3.56. The molecule has 0 amide bonds. The van der Waals surface area contributed by atoms with Gasteiger partial charge in [-0.1, -0.05) is 20.8 Å². The van der Waals surface area contributed by atoms with Crippen molar-refractivity contribution in [1.82, 2.24) is 4.57 Å². The number of hydrogen-bond acceptors (Lipinski definition) is 2. The molecule has 2 rings (SSSR count). The Labute approximate surface area is 116 Å². The Kier molecular flexibility index (Phi) is 4.02. The molecule has 0 radical (unpaired) electrons. The van der Waals surface area contributed by atoms with E-state index in [1.54, 1.807) is 17.7 Å². The van der Waals surface area contributed by atoms with Crippen molar-refractivity contribution in [3.63, 3.8) is 0 Å². The van der Waals surface area contributed by atoms with Gasteiger partial charge >= 0.3 is 0 Å². The second-order valence-electron chi connectivity index (χ2n) is 6.93. The molecule has 0 aromatic carbocycles. The molecule has 106 valence electrons. The predicted molar refractivity (Wildman–Crippen MR) is 80.5 cm³/mol. The van der Waals surface area contributed by atoms with Crippen molar-refractivity contribution < 1.29 is 0 Å². The molecule has 0 aliphatic heterocycles. The molecule has 0 spiro atoms. The van der Waals surface area contributed by atoms with Crippen LogP contribution in [-0.2, 0) is 7.05 Å². The highest BCUT2D eigenvalue weighted by atomic mass is 16.1. The van der Waals surface area contributed by atoms with E-state index in [1.165, 1.54) is 25.7 Å². The standard InChI is InChI=1S/C16H26N2O/c1-16(2,3)12-5-7-13(8-6-12)17-14-9-10-15(19)18(4)11-14/h9-13,17H,5-8H2,1-4H3. The molecule has 0 unspecified atom stereocenters. The van der Waals surface area contributed by atoms with Gasteiger partial charge < -0.3 is 9.88 Å². The molecule has 1 aliphatic rings. The molecule has 0 bridgehead atoms. The Morgan fingerprint density at radius 3 is 2.32 bits per heavy atom. The van der Waals surface area contributed by atoms with Crippen molar-refractivity contribution in [2.24, 2.45) is 18.4 Å². The summed E-state index contributed by atoms with van der Waals surface area (Å²) in [7, 11) is 1.80. The highest BCUT2D eigenvalue weighted by Crippen LogP contribution is 2.38. The van der Waals surface area contributed by atoms with Crippen LogP contribution in [0.1, 0.15) is 46.5 Å². The third-order valence-electron chi connectivity index (χ3n) is 4.41. The van der Waals surface area contributed by atoms with Crippen LogP contribution >= 0.6 is 0 Å². The summed E-state index contributed by atoms with van der Waals surface area (Å²) in [6, 6.07) is 4.07. The van der Waals surface area contributed by atoms with E-state index in [1.807, 2.05) is 12.3 Å². The molecule has 19 heavy (non-hydrogen) atoms. The average molecular weight is 262 g/mol. The van der Waals surface area contributed by atoms with Crippen molar-refractivity contribution >= 4 is 5.69 Å². The van der Waals surface area contributed by atoms with Gasteiger partial charge in [-0.25, -0.2) is 0 Å². The van der Waals surface area contributed by atoms with Gasteiger partial charge in [0.25, 0.3) is 0 Å². The van der Waals surface area contributed by atoms with Crippen molar-refractivity contribution in [3.8, 4) is 0 Å². The Hall–Kier alpha value is -1.25. The zero-order valence-electron chi connectivity index (χ0n) is 12.6. The minimum atomic E-state index is 0.0435. The maximum atomic E-state index is 11.4. The lowest BCUT2D eigenvalue weighted by Crippen LogP contribution is -2.31. The maximum absolute atomic E-state index is 11.4. The van der Waals surface area contributed by atoms with Gasteiger partial charge in [0.1, 0.15) is 0 Å². The molecule has 1 aliphatic carbocycles. The molecule has 1 aromatic rings. The van der Waals surface area contributed by atoms with E-state index in [0.717, 1.165) is 11.6 Å². The van der Waals surface area contributed by atoms with Crippen LogP contribution in [0.3, 0.4) is 0 Å². The summed E-state index contributed by atoms with van der Waals surface area (Å²) in [5.41, 5.74) is 1.53. The zero-order chi connectivity index (χ0) is 14.0. The normalized spacial score (nSPS) is 24.2. The zero-order valence-corrected chi connectivity index (χ0v) is 12.6. The number of aromatic nitrogens is 1. The van der Waals surface area contributed by atoms with E-state index < -0.39 is 0 Å². The summed E-state index contributed by atoms with van der Waals surface area (Å²) in [6.45, 7) is 7.04. The first-order valence-electron chi connectivity index (χ1n) is 7.29. The number of hydrogen-bond donors (Lipinski definition) is 1. The molecule has 1 heterocycles. The first kappa shape index (κ1) is 14.2. The molecule has 1 aromatic heterocycles. The lowest BCUT2D eigenvalue weighted by molar-refractivity contribution is 0.173. The molecule has 0 saturated heterocycles. The van der Waals surface area contributed by atoms with Crippen LogP contribution in [0, 0.1) is 11.3 Å². The lowest BCUT2D eigenvalue weighted by Gasteiger charge is -2.37. The van der Waals surface area contributed by atoms with Gasteiger partial charge in [-0.05, 0) is 43.1 Å². The van der Waals surface area contributed by atoms with Gasteiger partial charge in [0, 0.05) is 25.4 Å². The smallest absolute Gasteiger partial charge is 0.250 e. The van der Waals surface area contributed by atoms with E-state index in [-0.39, 0.29) is 5.56 Å². The Morgan fingerprint density at radius 1 is 1.16 bits per heavy atom. The molecule has 1 fully saturated rings. The molecule has 1 saturated carbocycles. The van der Waals surface area contributed by atoms with E-state index in [2.05, 4.69) is 26.1 Å². The lowest BCUT2D eigenvalue weighted by atomic mass is 9.71. The van der Waals surface area contributed by atoms with Gasteiger partial charge in [0.15, 0.2) is 0 Å². The first-order chi connectivity index (χ1) is 8.86. The second kappa shape index (κ2) is 5.40. The SMILES string of the molecule is Cn1cc(NC2CCC(C(C)(C)C)CC2)ccc1=O. The number of pyridine rings is 1. The van der Waals surface area contributed by atoms with Crippen LogP contribution in [0.2, 0.25) is 0 Å². The van der Waals surface area contributed by atoms with E-state index >= 15 is 0 Å². The van der Waals surface area contributed by atoms with E-state index in [0.29, 0.717) is 11.5 Å². The van der Waals surface area contributed by atoms with Gasteiger partial charge in [0.05, 0.1) is 5.69 Å². The molecule has 3 nitrogen and oxygen atoms in total. The minimum Gasteiger partial charge on any atom is -0.381 e. The summed E-state index contributed by atoms with van der Waals surface area (Å²) < 4.78 is 1.63. The Morgan fingerprint density at radius 2 is 1.79 bits per heavy atom. The van der Waals surface area contributed by atoms with Crippen molar-refractivity contribution in [1.29, 1.82) is 0 Å². The minimum absolute atomic E-state index is 0.0435. The summed E-state index contributed by atoms with van der Waals surface area (Å²) >= 11 is 0. The van der Waals surface area contributed by atoms with Gasteiger partial charge in [-0.2, -0.15) is 0 Å². The number of aryl methyl sites for hydroxylation is 1. The van der Waals surface area contributed by atoms with Crippen molar-refractivity contribution in [3.05, 3.63) is 28.7 Å². The monoisotopic (exact) mass is 262 g/mol. The number of anilines is 1. The van der Waals surface area contributed by atoms with Crippen LogP contribution in [0.4, 0.5) is 5.69 Å². The number of nitrogens with one attached hydrogen (secondary N) is 1. The molecule has 3 heteroatoms. The summed E-state index contributed by atoms with van der Waals surface area (Å²) in [6.07, 6.45) is 6.94. The number of rotatable bonds is 2.